The maximum absolute atomic E-state index is 4.79. The lowest BCUT2D eigenvalue weighted by molar-refractivity contribution is 0.682. The Kier molecular flexibility index (Phi) is 5.35. The van der Waals surface area contributed by atoms with E-state index in [0.29, 0.717) is 12.0 Å². The van der Waals surface area contributed by atoms with Gasteiger partial charge in [0.15, 0.2) is 0 Å². The smallest absolute Gasteiger partial charge is 0.131 e. The Bertz CT molecular complexity index is 426. The van der Waals surface area contributed by atoms with E-state index in [1.165, 1.54) is 31.4 Å². The molecule has 0 spiro atoms. The highest BCUT2D eigenvalue weighted by Gasteiger charge is 2.30. The van der Waals surface area contributed by atoms with Crippen molar-refractivity contribution in [3.8, 4) is 0 Å². The molecule has 2 rings (SSSR count). The molecule has 0 aromatic carbocycles. The minimum absolute atomic E-state index is 0.379. The number of aromatic nitrogens is 2. The summed E-state index contributed by atoms with van der Waals surface area (Å²) in [4.78, 5) is 11.9. The van der Waals surface area contributed by atoms with Crippen molar-refractivity contribution in [2.75, 3.05) is 18.5 Å². The molecule has 1 aliphatic rings. The normalized spacial score (nSPS) is 14.8. The van der Waals surface area contributed by atoms with Crippen LogP contribution < -0.4 is 10.2 Å². The standard InChI is InChI=1S/C16H28N4/c1-5-6-9-20(13-7-8-13)15-11-18-16(12(2)3)19-14(15)10-17-4/h11-13,17H,5-10H2,1-4H3. The van der Waals surface area contributed by atoms with Crippen LogP contribution in [0.5, 0.6) is 0 Å². The second-order valence-electron chi connectivity index (χ2n) is 6.02. The molecule has 0 bridgehead atoms. The Hall–Kier alpha value is -1.16. The van der Waals surface area contributed by atoms with Gasteiger partial charge in [-0.05, 0) is 26.3 Å². The van der Waals surface area contributed by atoms with Gasteiger partial charge in [0.2, 0.25) is 0 Å². The molecule has 0 atom stereocenters. The van der Waals surface area contributed by atoms with E-state index in [-0.39, 0.29) is 0 Å². The Morgan fingerprint density at radius 2 is 2.15 bits per heavy atom. The number of unbranched alkanes of at least 4 members (excludes halogenated alkanes) is 1. The van der Waals surface area contributed by atoms with Gasteiger partial charge in [-0.25, -0.2) is 9.97 Å². The first-order valence-corrected chi connectivity index (χ1v) is 7.94. The van der Waals surface area contributed by atoms with Crippen LogP contribution in [0, 0.1) is 0 Å². The van der Waals surface area contributed by atoms with Crippen LogP contribution in [0.2, 0.25) is 0 Å². The van der Waals surface area contributed by atoms with E-state index < -0.39 is 0 Å². The van der Waals surface area contributed by atoms with E-state index in [2.05, 4.69) is 36.0 Å². The zero-order valence-corrected chi connectivity index (χ0v) is 13.3. The van der Waals surface area contributed by atoms with Crippen molar-refractivity contribution >= 4 is 5.69 Å². The molecule has 0 unspecified atom stereocenters. The molecule has 4 heteroatoms. The van der Waals surface area contributed by atoms with Crippen molar-refractivity contribution in [2.24, 2.45) is 0 Å². The van der Waals surface area contributed by atoms with Gasteiger partial charge in [0.05, 0.1) is 17.6 Å². The quantitative estimate of drug-likeness (QED) is 0.792. The molecule has 1 N–H and O–H groups in total. The Morgan fingerprint density at radius 1 is 1.40 bits per heavy atom. The van der Waals surface area contributed by atoms with E-state index in [1.807, 2.05) is 13.2 Å². The predicted molar refractivity (Wildman–Crippen MR) is 84.2 cm³/mol. The Labute approximate surface area is 123 Å². The lowest BCUT2D eigenvalue weighted by Gasteiger charge is -2.26. The van der Waals surface area contributed by atoms with Gasteiger partial charge in [-0.2, -0.15) is 0 Å². The van der Waals surface area contributed by atoms with Gasteiger partial charge >= 0.3 is 0 Å². The van der Waals surface area contributed by atoms with E-state index in [1.54, 1.807) is 0 Å². The van der Waals surface area contributed by atoms with Gasteiger partial charge in [0, 0.05) is 25.0 Å². The van der Waals surface area contributed by atoms with E-state index in [0.717, 1.165) is 24.6 Å². The van der Waals surface area contributed by atoms with Crippen molar-refractivity contribution in [1.29, 1.82) is 0 Å². The molecule has 1 heterocycles. The van der Waals surface area contributed by atoms with Crippen LogP contribution in [0.25, 0.3) is 0 Å². The van der Waals surface area contributed by atoms with Crippen LogP contribution in [0.3, 0.4) is 0 Å². The lowest BCUT2D eigenvalue weighted by Crippen LogP contribution is -2.29. The highest BCUT2D eigenvalue weighted by molar-refractivity contribution is 5.51. The summed E-state index contributed by atoms with van der Waals surface area (Å²) in [7, 11) is 1.98. The SMILES string of the molecule is CCCCN(c1cnc(C(C)C)nc1CNC)C1CC1. The molecule has 0 radical (unpaired) electrons. The number of nitrogens with one attached hydrogen (secondary N) is 1. The van der Waals surface area contributed by atoms with Crippen molar-refractivity contribution in [3.63, 3.8) is 0 Å². The summed E-state index contributed by atoms with van der Waals surface area (Å²) in [5.74, 6) is 1.33. The van der Waals surface area contributed by atoms with Crippen molar-refractivity contribution in [2.45, 2.75) is 65.0 Å². The molecule has 1 fully saturated rings. The molecule has 112 valence electrons. The first kappa shape index (κ1) is 15.2. The van der Waals surface area contributed by atoms with Crippen LogP contribution in [-0.4, -0.2) is 29.6 Å². The topological polar surface area (TPSA) is 41.1 Å². The van der Waals surface area contributed by atoms with Gasteiger partial charge in [-0.15, -0.1) is 0 Å². The van der Waals surface area contributed by atoms with Crippen LogP contribution in [0.4, 0.5) is 5.69 Å². The molecule has 1 aromatic rings. The first-order valence-electron chi connectivity index (χ1n) is 7.94. The predicted octanol–water partition coefficient (Wildman–Crippen LogP) is 3.09. The van der Waals surface area contributed by atoms with Crippen molar-refractivity contribution < 1.29 is 0 Å². The largest absolute Gasteiger partial charge is 0.366 e. The molecule has 0 amide bonds. The molecule has 1 aliphatic carbocycles. The number of anilines is 1. The fourth-order valence-electron chi connectivity index (χ4n) is 2.46. The third kappa shape index (κ3) is 3.69. The summed E-state index contributed by atoms with van der Waals surface area (Å²) in [6, 6.07) is 0.714. The first-order chi connectivity index (χ1) is 9.67. The lowest BCUT2D eigenvalue weighted by atomic mass is 10.2. The summed E-state index contributed by atoms with van der Waals surface area (Å²) in [5.41, 5.74) is 2.38. The van der Waals surface area contributed by atoms with Crippen LogP contribution in [0.1, 0.15) is 63.9 Å². The minimum Gasteiger partial charge on any atom is -0.366 e. The average molecular weight is 276 g/mol. The second kappa shape index (κ2) is 7.02. The average Bonchev–Trinajstić information content (AvgIpc) is 3.25. The van der Waals surface area contributed by atoms with Gasteiger partial charge in [0.25, 0.3) is 0 Å². The minimum atomic E-state index is 0.379. The number of nitrogens with zero attached hydrogens (tertiary/aromatic N) is 3. The molecule has 0 aliphatic heterocycles. The fourth-order valence-corrected chi connectivity index (χ4v) is 2.46. The molecular weight excluding hydrogens is 248 g/mol. The van der Waals surface area contributed by atoms with E-state index >= 15 is 0 Å². The Balaban J connectivity index is 2.26. The fraction of sp³-hybridized carbons (Fsp3) is 0.750. The monoisotopic (exact) mass is 276 g/mol. The molecule has 20 heavy (non-hydrogen) atoms. The van der Waals surface area contributed by atoms with Gasteiger partial charge in [-0.3, -0.25) is 0 Å². The summed E-state index contributed by atoms with van der Waals surface area (Å²) in [6.45, 7) is 8.48. The van der Waals surface area contributed by atoms with E-state index in [4.69, 9.17) is 4.98 Å². The van der Waals surface area contributed by atoms with Crippen LogP contribution in [0.15, 0.2) is 6.20 Å². The number of rotatable bonds is 8. The third-order valence-electron chi connectivity index (χ3n) is 3.77. The van der Waals surface area contributed by atoms with Crippen LogP contribution >= 0.6 is 0 Å². The molecule has 4 nitrogen and oxygen atoms in total. The molecule has 1 saturated carbocycles. The maximum atomic E-state index is 4.79. The second-order valence-corrected chi connectivity index (χ2v) is 6.02. The molecule has 1 aromatic heterocycles. The highest BCUT2D eigenvalue weighted by Crippen LogP contribution is 2.33. The van der Waals surface area contributed by atoms with Gasteiger partial charge in [0.1, 0.15) is 5.82 Å². The van der Waals surface area contributed by atoms with Crippen molar-refractivity contribution in [1.82, 2.24) is 15.3 Å². The highest BCUT2D eigenvalue weighted by atomic mass is 15.2. The maximum Gasteiger partial charge on any atom is 0.131 e. The third-order valence-corrected chi connectivity index (χ3v) is 3.77. The molecule has 0 saturated heterocycles. The van der Waals surface area contributed by atoms with Crippen LogP contribution in [-0.2, 0) is 6.54 Å². The molecular formula is C16H28N4. The van der Waals surface area contributed by atoms with Crippen molar-refractivity contribution in [3.05, 3.63) is 17.7 Å². The number of hydrogen-bond acceptors (Lipinski definition) is 4. The van der Waals surface area contributed by atoms with Gasteiger partial charge in [-0.1, -0.05) is 27.2 Å². The summed E-state index contributed by atoms with van der Waals surface area (Å²) < 4.78 is 0. The van der Waals surface area contributed by atoms with Gasteiger partial charge < -0.3 is 10.2 Å². The Morgan fingerprint density at radius 3 is 2.70 bits per heavy atom. The van der Waals surface area contributed by atoms with E-state index in [9.17, 15) is 0 Å². The summed E-state index contributed by atoms with van der Waals surface area (Å²) >= 11 is 0. The zero-order valence-electron chi connectivity index (χ0n) is 13.3. The summed E-state index contributed by atoms with van der Waals surface area (Å²) in [5, 5.41) is 3.24. The number of hydrogen-bond donors (Lipinski definition) is 1. The zero-order chi connectivity index (χ0) is 14.5. The summed E-state index contributed by atoms with van der Waals surface area (Å²) in [6.07, 6.45) is 7.14.